The van der Waals surface area contributed by atoms with Crippen LogP contribution in [0.1, 0.15) is 30.5 Å². The molecule has 1 N–H and O–H groups in total. The molecule has 0 radical (unpaired) electrons. The highest BCUT2D eigenvalue weighted by Crippen LogP contribution is 2.30. The molecule has 176 valence electrons. The van der Waals surface area contributed by atoms with Crippen molar-refractivity contribution < 1.29 is 23.8 Å². The van der Waals surface area contributed by atoms with Crippen LogP contribution < -0.4 is 14.2 Å². The summed E-state index contributed by atoms with van der Waals surface area (Å²) in [4.78, 5) is 21.9. The molecule has 0 saturated heterocycles. The summed E-state index contributed by atoms with van der Waals surface area (Å²) < 4.78 is 17.2. The molecule has 34 heavy (non-hydrogen) atoms. The summed E-state index contributed by atoms with van der Waals surface area (Å²) in [6.07, 6.45) is 4.15. The number of fused-ring (bicyclic) bond motifs is 1. The minimum Gasteiger partial charge on any atom is -0.493 e. The summed E-state index contributed by atoms with van der Waals surface area (Å²) in [6.45, 7) is 6.62. The summed E-state index contributed by atoms with van der Waals surface area (Å²) >= 11 is 0. The van der Waals surface area contributed by atoms with Crippen molar-refractivity contribution in [2.24, 2.45) is 4.99 Å². The van der Waals surface area contributed by atoms with Crippen LogP contribution in [0.25, 0.3) is 6.08 Å². The Morgan fingerprint density at radius 3 is 2.65 bits per heavy atom. The number of nitrogens with zero attached hydrogens (tertiary/aromatic N) is 2. The number of methoxy groups -OCH3 is 1. The Morgan fingerprint density at radius 1 is 1.09 bits per heavy atom. The van der Waals surface area contributed by atoms with E-state index in [4.69, 9.17) is 24.5 Å². The number of benzene rings is 2. The number of carbonyl (C=O) groups is 1. The molecule has 0 unspecified atom stereocenters. The fourth-order valence-electron chi connectivity index (χ4n) is 3.68. The van der Waals surface area contributed by atoms with Crippen LogP contribution in [-0.2, 0) is 16.1 Å². The number of hydrogen-bond donors (Lipinski definition) is 1. The Bertz CT molecular complexity index is 1230. The Morgan fingerprint density at radius 2 is 1.88 bits per heavy atom. The monoisotopic (exact) mass is 461 g/mol. The van der Waals surface area contributed by atoms with Crippen LogP contribution in [-0.4, -0.2) is 43.0 Å². The molecule has 0 aliphatic carbocycles. The highest BCUT2D eigenvalue weighted by molar-refractivity contribution is 6.32. The van der Waals surface area contributed by atoms with Crippen molar-refractivity contribution in [1.82, 2.24) is 5.06 Å². The van der Waals surface area contributed by atoms with E-state index in [1.165, 1.54) is 10.6 Å². The van der Waals surface area contributed by atoms with Crippen LogP contribution in [0.4, 0.5) is 0 Å². The van der Waals surface area contributed by atoms with Gasteiger partial charge in [-0.05, 0) is 67.3 Å². The van der Waals surface area contributed by atoms with E-state index in [1.54, 1.807) is 44.4 Å². The molecule has 8 nitrogen and oxygen atoms in total. The maximum atomic E-state index is 12.5. The standard InChI is InChI=1S/C26H27N3O5/c1-5-18-10-16(2)11-20(13-18)32-8-9-33-22-7-6-19(15-23(22)31-4)14-21-25(27)29-24(28-26(21)30)12-17(3)34-29/h6-7,10-15,27H,5,8-9H2,1-4H3/b21-14-,27-25?. The van der Waals surface area contributed by atoms with E-state index in [2.05, 4.69) is 18.0 Å². The van der Waals surface area contributed by atoms with E-state index >= 15 is 0 Å². The molecule has 0 saturated carbocycles. The highest BCUT2D eigenvalue weighted by atomic mass is 16.7. The molecular formula is C26H27N3O5. The first-order valence-electron chi connectivity index (χ1n) is 11.0. The lowest BCUT2D eigenvalue weighted by atomic mass is 10.1. The molecule has 0 atom stereocenters. The third kappa shape index (κ3) is 4.96. The van der Waals surface area contributed by atoms with Gasteiger partial charge in [0.2, 0.25) is 0 Å². The number of hydroxylamine groups is 2. The molecule has 4 rings (SSSR count). The summed E-state index contributed by atoms with van der Waals surface area (Å²) in [5, 5.41) is 9.56. The number of amidine groups is 2. The molecule has 2 aromatic carbocycles. The average Bonchev–Trinajstić information content (AvgIpc) is 3.19. The van der Waals surface area contributed by atoms with Gasteiger partial charge in [0.05, 0.1) is 12.7 Å². The second kappa shape index (κ2) is 9.82. The summed E-state index contributed by atoms with van der Waals surface area (Å²) in [7, 11) is 1.55. The van der Waals surface area contributed by atoms with E-state index in [0.717, 1.165) is 17.7 Å². The molecule has 1 amide bonds. The molecule has 0 bridgehead atoms. The summed E-state index contributed by atoms with van der Waals surface area (Å²) in [5.74, 6) is 2.20. The predicted molar refractivity (Wildman–Crippen MR) is 129 cm³/mol. The largest absolute Gasteiger partial charge is 0.493 e. The zero-order valence-corrected chi connectivity index (χ0v) is 19.7. The maximum absolute atomic E-state index is 12.5. The molecule has 2 aromatic rings. The SMILES string of the molecule is CCc1cc(C)cc(OCCOc2ccc(/C=C3/C(=N)N4OC(C)=CC4=NC3=O)cc2OC)c1. The Labute approximate surface area is 198 Å². The number of allylic oxidation sites excluding steroid dienone is 1. The van der Waals surface area contributed by atoms with Gasteiger partial charge >= 0.3 is 0 Å². The number of carbonyl (C=O) groups excluding carboxylic acids is 1. The first-order chi connectivity index (χ1) is 16.4. The fraction of sp³-hybridized carbons (Fsp3) is 0.269. The van der Waals surface area contributed by atoms with Crippen LogP contribution in [0.15, 0.2) is 58.8 Å². The van der Waals surface area contributed by atoms with Gasteiger partial charge in [-0.25, -0.2) is 0 Å². The van der Waals surface area contributed by atoms with Crippen molar-refractivity contribution in [3.63, 3.8) is 0 Å². The molecular weight excluding hydrogens is 434 g/mol. The maximum Gasteiger partial charge on any atom is 0.282 e. The first-order valence-corrected chi connectivity index (χ1v) is 11.0. The normalized spacial score (nSPS) is 16.1. The van der Waals surface area contributed by atoms with E-state index < -0.39 is 5.91 Å². The van der Waals surface area contributed by atoms with Crippen molar-refractivity contribution >= 4 is 23.7 Å². The van der Waals surface area contributed by atoms with Crippen molar-refractivity contribution in [1.29, 1.82) is 5.41 Å². The summed E-state index contributed by atoms with van der Waals surface area (Å²) in [6, 6.07) is 11.5. The number of amides is 1. The van der Waals surface area contributed by atoms with E-state index in [9.17, 15) is 4.79 Å². The van der Waals surface area contributed by atoms with E-state index in [1.807, 2.05) is 19.1 Å². The number of ether oxygens (including phenoxy) is 3. The first kappa shape index (κ1) is 23.1. The third-order valence-corrected chi connectivity index (χ3v) is 5.31. The summed E-state index contributed by atoms with van der Waals surface area (Å²) in [5.41, 5.74) is 3.19. The second-order valence-corrected chi connectivity index (χ2v) is 7.94. The van der Waals surface area contributed by atoms with Crippen LogP contribution in [0.3, 0.4) is 0 Å². The lowest BCUT2D eigenvalue weighted by Crippen LogP contribution is -2.38. The molecule has 2 heterocycles. The Balaban J connectivity index is 1.42. The highest BCUT2D eigenvalue weighted by Gasteiger charge is 2.34. The topological polar surface area (TPSA) is 93.4 Å². The zero-order valence-electron chi connectivity index (χ0n) is 19.7. The number of hydrogen-bond acceptors (Lipinski definition) is 6. The van der Waals surface area contributed by atoms with Crippen LogP contribution >= 0.6 is 0 Å². The average molecular weight is 462 g/mol. The smallest absolute Gasteiger partial charge is 0.282 e. The van der Waals surface area contributed by atoms with Gasteiger partial charge in [0.15, 0.2) is 23.2 Å². The number of nitrogens with one attached hydrogen (secondary N) is 1. The van der Waals surface area contributed by atoms with Gasteiger partial charge in [0.1, 0.15) is 24.7 Å². The lowest BCUT2D eigenvalue weighted by Gasteiger charge is -2.23. The third-order valence-electron chi connectivity index (χ3n) is 5.31. The molecule has 2 aliphatic rings. The lowest BCUT2D eigenvalue weighted by molar-refractivity contribution is -0.114. The van der Waals surface area contributed by atoms with Crippen molar-refractivity contribution in [2.75, 3.05) is 20.3 Å². The molecule has 8 heteroatoms. The van der Waals surface area contributed by atoms with Crippen molar-refractivity contribution in [2.45, 2.75) is 27.2 Å². The Hall–Kier alpha value is -4.07. The van der Waals surface area contributed by atoms with Gasteiger partial charge in [0, 0.05) is 6.08 Å². The minimum atomic E-state index is -0.496. The number of rotatable bonds is 8. The van der Waals surface area contributed by atoms with Crippen LogP contribution in [0, 0.1) is 12.3 Å². The molecule has 0 spiro atoms. The van der Waals surface area contributed by atoms with E-state index in [0.29, 0.717) is 41.9 Å². The van der Waals surface area contributed by atoms with Crippen LogP contribution in [0.2, 0.25) is 0 Å². The van der Waals surface area contributed by atoms with Crippen molar-refractivity contribution in [3.8, 4) is 17.2 Å². The van der Waals surface area contributed by atoms with Gasteiger partial charge in [-0.1, -0.05) is 19.1 Å². The Kier molecular flexibility index (Phi) is 6.67. The van der Waals surface area contributed by atoms with Gasteiger partial charge in [-0.2, -0.15) is 4.99 Å². The quantitative estimate of drug-likeness (QED) is 0.460. The van der Waals surface area contributed by atoms with Gasteiger partial charge in [-0.15, -0.1) is 5.06 Å². The van der Waals surface area contributed by atoms with Gasteiger partial charge in [0.25, 0.3) is 5.91 Å². The van der Waals surface area contributed by atoms with E-state index in [-0.39, 0.29) is 11.4 Å². The second-order valence-electron chi connectivity index (χ2n) is 7.94. The number of aryl methyl sites for hydroxylation is 2. The zero-order chi connectivity index (χ0) is 24.2. The fourth-order valence-corrected chi connectivity index (χ4v) is 3.68. The minimum absolute atomic E-state index is 0.0677. The van der Waals surface area contributed by atoms with Crippen molar-refractivity contribution in [3.05, 3.63) is 70.5 Å². The number of aliphatic imine (C=N–C) groups is 1. The molecule has 0 aromatic heterocycles. The van der Waals surface area contributed by atoms with Gasteiger partial charge in [-0.3, -0.25) is 10.2 Å². The molecule has 0 fully saturated rings. The van der Waals surface area contributed by atoms with Crippen LogP contribution in [0.5, 0.6) is 17.2 Å². The molecule has 2 aliphatic heterocycles. The predicted octanol–water partition coefficient (Wildman–Crippen LogP) is 4.47. The van der Waals surface area contributed by atoms with Gasteiger partial charge < -0.3 is 19.0 Å².